The number of hydrogen-bond acceptors (Lipinski definition) is 6. The maximum atomic E-state index is 13.0. The zero-order valence-corrected chi connectivity index (χ0v) is 30.3. The highest BCUT2D eigenvalue weighted by molar-refractivity contribution is 6.09. The number of morpholine rings is 1. The number of carbonyl (C=O) groups excluding carboxylic acids is 2. The van der Waals surface area contributed by atoms with Crippen molar-refractivity contribution in [3.63, 3.8) is 0 Å². The number of aromatic nitrogens is 1. The van der Waals surface area contributed by atoms with Crippen molar-refractivity contribution in [1.29, 1.82) is 0 Å². The first-order chi connectivity index (χ1) is 22.1. The van der Waals surface area contributed by atoms with E-state index in [4.69, 9.17) is 9.47 Å². The number of likely N-dealkylation sites (tertiary alicyclic amines) is 1. The molecule has 2 N–H and O–H groups in total. The number of pyridine rings is 1. The fraction of sp³-hybridized carbons (Fsp3) is 0.622. The SMILES string of the molecule is CCC(C)c1cc[nH]c(=O)c1C(=NC)Nc1ccc(C(=O)N2CCOCC2C)c(C)c1.CCC1(C)CCN(C(=O)OC(C)(C)C)CC1. The maximum absolute atomic E-state index is 13.0. The van der Waals surface area contributed by atoms with E-state index < -0.39 is 0 Å². The van der Waals surface area contributed by atoms with Crippen LogP contribution in [0.2, 0.25) is 0 Å². The quantitative estimate of drug-likeness (QED) is 0.257. The average Bonchev–Trinajstić information content (AvgIpc) is 3.03. The number of ether oxygens (including phenoxy) is 2. The Kier molecular flexibility index (Phi) is 13.2. The molecule has 2 aliphatic rings. The second kappa shape index (κ2) is 16.4. The van der Waals surface area contributed by atoms with Gasteiger partial charge in [0.05, 0.1) is 24.8 Å². The van der Waals surface area contributed by atoms with Gasteiger partial charge in [0.1, 0.15) is 11.4 Å². The molecular weight excluding hydrogens is 594 g/mol. The predicted octanol–water partition coefficient (Wildman–Crippen LogP) is 6.98. The molecule has 0 saturated carbocycles. The molecule has 2 saturated heterocycles. The fourth-order valence-corrected chi connectivity index (χ4v) is 5.81. The molecule has 260 valence electrons. The summed E-state index contributed by atoms with van der Waals surface area (Å²) in [6.45, 7) is 21.8. The number of nitrogens with one attached hydrogen (secondary N) is 2. The van der Waals surface area contributed by atoms with Gasteiger partial charge in [0.15, 0.2) is 0 Å². The number of nitrogens with zero attached hydrogens (tertiary/aromatic N) is 3. The van der Waals surface area contributed by atoms with E-state index in [1.165, 1.54) is 6.42 Å². The first kappa shape index (κ1) is 37.8. The van der Waals surface area contributed by atoms with Crippen molar-refractivity contribution in [2.75, 3.05) is 45.2 Å². The third-order valence-electron chi connectivity index (χ3n) is 9.42. The van der Waals surface area contributed by atoms with Crippen molar-refractivity contribution >= 4 is 23.5 Å². The summed E-state index contributed by atoms with van der Waals surface area (Å²) < 4.78 is 10.8. The Labute approximate surface area is 281 Å². The Morgan fingerprint density at radius 3 is 2.40 bits per heavy atom. The number of benzene rings is 1. The third kappa shape index (κ3) is 10.2. The molecule has 2 aromatic rings. The number of rotatable bonds is 6. The van der Waals surface area contributed by atoms with Gasteiger partial charge in [-0.2, -0.15) is 0 Å². The van der Waals surface area contributed by atoms with E-state index >= 15 is 0 Å². The minimum absolute atomic E-state index is 0.0165. The van der Waals surface area contributed by atoms with Gasteiger partial charge in [0, 0.05) is 44.1 Å². The van der Waals surface area contributed by atoms with Crippen LogP contribution in [-0.2, 0) is 9.47 Å². The Balaban J connectivity index is 0.000000316. The molecule has 2 aliphatic heterocycles. The molecule has 10 heteroatoms. The normalized spacial score (nSPS) is 18.9. The lowest BCUT2D eigenvalue weighted by Gasteiger charge is -2.39. The standard InChI is InChI=1S/C24H32N4O3.C13H25NO2/c1-6-15(2)19-9-10-26-23(29)21(19)22(25-5)27-18-7-8-20(16(3)13-18)24(30)28-11-12-31-14-17(28)4;1-6-13(5)7-9-14(10-8-13)11(15)16-12(2,3)4/h7-10,13,15,17H,6,11-12,14H2,1-5H3,(H,25,27)(H,26,29);6-10H2,1-5H3. The van der Waals surface area contributed by atoms with E-state index in [0.717, 1.165) is 49.2 Å². The number of anilines is 1. The zero-order valence-electron chi connectivity index (χ0n) is 30.3. The number of amidine groups is 1. The summed E-state index contributed by atoms with van der Waals surface area (Å²) in [5, 5.41) is 3.29. The fourth-order valence-electron chi connectivity index (χ4n) is 5.81. The Morgan fingerprint density at radius 2 is 1.85 bits per heavy atom. The lowest BCUT2D eigenvalue weighted by Crippen LogP contribution is -2.47. The summed E-state index contributed by atoms with van der Waals surface area (Å²) in [6, 6.07) is 7.61. The Hall–Kier alpha value is -3.66. The molecular formula is C37H57N5O5. The van der Waals surface area contributed by atoms with E-state index in [9.17, 15) is 14.4 Å². The van der Waals surface area contributed by atoms with Crippen LogP contribution >= 0.6 is 0 Å². The van der Waals surface area contributed by atoms with Gasteiger partial charge in [0.25, 0.3) is 11.5 Å². The van der Waals surface area contributed by atoms with Crippen molar-refractivity contribution in [2.45, 2.75) is 106 Å². The van der Waals surface area contributed by atoms with Gasteiger partial charge in [-0.25, -0.2) is 4.79 Å². The molecule has 2 atom stereocenters. The highest BCUT2D eigenvalue weighted by atomic mass is 16.6. The minimum Gasteiger partial charge on any atom is -0.444 e. The first-order valence-electron chi connectivity index (χ1n) is 17.1. The van der Waals surface area contributed by atoms with E-state index in [2.05, 4.69) is 43.0 Å². The van der Waals surface area contributed by atoms with E-state index in [0.29, 0.717) is 42.1 Å². The molecule has 2 unspecified atom stereocenters. The molecule has 0 bridgehead atoms. The van der Waals surface area contributed by atoms with Crippen LogP contribution in [0.5, 0.6) is 0 Å². The van der Waals surface area contributed by atoms with Crippen LogP contribution in [0.15, 0.2) is 40.2 Å². The largest absolute Gasteiger partial charge is 0.444 e. The van der Waals surface area contributed by atoms with E-state index in [1.807, 2.05) is 68.7 Å². The van der Waals surface area contributed by atoms with Crippen molar-refractivity contribution in [2.24, 2.45) is 10.4 Å². The average molecular weight is 652 g/mol. The van der Waals surface area contributed by atoms with Crippen molar-refractivity contribution < 1.29 is 19.1 Å². The van der Waals surface area contributed by atoms with Gasteiger partial charge < -0.3 is 29.6 Å². The number of hydrogen-bond donors (Lipinski definition) is 2. The first-order valence-corrected chi connectivity index (χ1v) is 17.1. The second-order valence-corrected chi connectivity index (χ2v) is 14.2. The highest BCUT2D eigenvalue weighted by Crippen LogP contribution is 2.34. The second-order valence-electron chi connectivity index (χ2n) is 14.2. The van der Waals surface area contributed by atoms with E-state index in [1.54, 1.807) is 13.2 Å². The number of H-pyrrole nitrogens is 1. The van der Waals surface area contributed by atoms with Crippen molar-refractivity contribution in [3.05, 3.63) is 63.1 Å². The van der Waals surface area contributed by atoms with Gasteiger partial charge in [-0.1, -0.05) is 34.1 Å². The molecule has 4 rings (SSSR count). The van der Waals surface area contributed by atoms with Crippen LogP contribution in [0.1, 0.15) is 114 Å². The van der Waals surface area contributed by atoms with Crippen molar-refractivity contribution in [1.82, 2.24) is 14.8 Å². The molecule has 10 nitrogen and oxygen atoms in total. The summed E-state index contributed by atoms with van der Waals surface area (Å²) in [5.41, 5.74) is 3.70. The molecule has 1 aromatic carbocycles. The van der Waals surface area contributed by atoms with Crippen LogP contribution in [-0.4, -0.2) is 84.2 Å². The lowest BCUT2D eigenvalue weighted by molar-refractivity contribution is 0.00353. The maximum Gasteiger partial charge on any atom is 0.410 e. The Morgan fingerprint density at radius 1 is 1.17 bits per heavy atom. The summed E-state index contributed by atoms with van der Waals surface area (Å²) >= 11 is 0. The van der Waals surface area contributed by atoms with Crippen LogP contribution < -0.4 is 10.9 Å². The molecule has 2 fully saturated rings. The van der Waals surface area contributed by atoms with Gasteiger partial charge in [-0.05, 0) is 101 Å². The lowest BCUT2D eigenvalue weighted by atomic mass is 9.78. The van der Waals surface area contributed by atoms with Gasteiger partial charge in [-0.3, -0.25) is 14.6 Å². The predicted molar refractivity (Wildman–Crippen MR) is 190 cm³/mol. The van der Waals surface area contributed by atoms with Gasteiger partial charge in [0.2, 0.25) is 0 Å². The van der Waals surface area contributed by atoms with Crippen LogP contribution in [0, 0.1) is 12.3 Å². The van der Waals surface area contributed by atoms with Crippen LogP contribution in [0.4, 0.5) is 10.5 Å². The number of aryl methyl sites for hydroxylation is 1. The van der Waals surface area contributed by atoms with E-state index in [-0.39, 0.29) is 35.1 Å². The molecule has 2 amide bonds. The monoisotopic (exact) mass is 651 g/mol. The molecule has 3 heterocycles. The number of carbonyl (C=O) groups is 2. The number of aromatic amines is 1. The molecule has 47 heavy (non-hydrogen) atoms. The topological polar surface area (TPSA) is 116 Å². The summed E-state index contributed by atoms with van der Waals surface area (Å²) in [4.78, 5) is 48.3. The van der Waals surface area contributed by atoms with Crippen LogP contribution in [0.3, 0.4) is 0 Å². The molecule has 0 aliphatic carbocycles. The zero-order chi connectivity index (χ0) is 34.9. The third-order valence-corrected chi connectivity index (χ3v) is 9.42. The molecule has 1 aromatic heterocycles. The van der Waals surface area contributed by atoms with Crippen molar-refractivity contribution in [3.8, 4) is 0 Å². The molecule has 0 radical (unpaired) electrons. The summed E-state index contributed by atoms with van der Waals surface area (Å²) in [5.74, 6) is 0.758. The summed E-state index contributed by atoms with van der Waals surface area (Å²) in [7, 11) is 1.67. The van der Waals surface area contributed by atoms with Gasteiger partial charge in [-0.15, -0.1) is 0 Å². The highest BCUT2D eigenvalue weighted by Gasteiger charge is 2.32. The van der Waals surface area contributed by atoms with Crippen LogP contribution in [0.25, 0.3) is 0 Å². The van der Waals surface area contributed by atoms with Gasteiger partial charge >= 0.3 is 6.09 Å². The minimum atomic E-state index is -0.386. The summed E-state index contributed by atoms with van der Waals surface area (Å²) in [6.07, 6.45) is 5.80. The number of amides is 2. The molecule has 0 spiro atoms. The number of aliphatic imine (C=N–C) groups is 1. The Bertz CT molecular complexity index is 1450. The smallest absolute Gasteiger partial charge is 0.410 e. The number of piperidine rings is 1.